The molecule has 0 saturated heterocycles. The summed E-state index contributed by atoms with van der Waals surface area (Å²) in [6.07, 6.45) is -0.966. The molecule has 2 N–H and O–H groups in total. The van der Waals surface area contributed by atoms with Crippen molar-refractivity contribution in [2.75, 3.05) is 20.3 Å². The number of hydrogen-bond acceptors (Lipinski definition) is 8. The Morgan fingerprint density at radius 3 is 2.36 bits per heavy atom. The third kappa shape index (κ3) is 4.01. The molecule has 1 heterocycles. The average Bonchev–Trinajstić information content (AvgIpc) is 2.65. The summed E-state index contributed by atoms with van der Waals surface area (Å²) in [5, 5.41) is 37.1. The Bertz CT molecular complexity index is 841. The Labute approximate surface area is 150 Å². The van der Waals surface area contributed by atoms with Crippen molar-refractivity contribution in [1.82, 2.24) is 4.98 Å². The van der Waals surface area contributed by atoms with Crippen LogP contribution in [0.1, 0.15) is 11.1 Å². The highest BCUT2D eigenvalue weighted by Gasteiger charge is 2.20. The molecule has 0 saturated carbocycles. The zero-order valence-electron chi connectivity index (χ0n) is 13.3. The Kier molecular flexibility index (Phi) is 6.20. The first-order chi connectivity index (χ1) is 12.0. The van der Waals surface area contributed by atoms with Gasteiger partial charge in [-0.15, -0.1) is 12.6 Å². The van der Waals surface area contributed by atoms with E-state index in [2.05, 4.69) is 17.6 Å². The first kappa shape index (κ1) is 18.6. The number of hydrogen-bond donors (Lipinski definition) is 3. The number of pyridine rings is 1. The summed E-state index contributed by atoms with van der Waals surface area (Å²) in [6.45, 7) is -0.441. The van der Waals surface area contributed by atoms with Gasteiger partial charge < -0.3 is 19.7 Å². The molecule has 25 heavy (non-hydrogen) atoms. The van der Waals surface area contributed by atoms with Crippen LogP contribution in [0.3, 0.4) is 0 Å². The summed E-state index contributed by atoms with van der Waals surface area (Å²) in [6, 6.07) is 10.6. The van der Waals surface area contributed by atoms with Gasteiger partial charge in [0.25, 0.3) is 0 Å². The fraction of sp³-hybridized carbons (Fsp3) is 0.235. The van der Waals surface area contributed by atoms with Crippen LogP contribution in [-0.2, 0) is 0 Å². The zero-order chi connectivity index (χ0) is 18.4. The first-order valence-electron chi connectivity index (χ1n) is 7.19. The van der Waals surface area contributed by atoms with E-state index in [1.165, 1.54) is 7.11 Å². The van der Waals surface area contributed by atoms with E-state index in [1.807, 2.05) is 12.1 Å². The molecule has 8 heteroatoms. The van der Waals surface area contributed by atoms with E-state index in [1.54, 1.807) is 24.3 Å². The van der Waals surface area contributed by atoms with E-state index >= 15 is 0 Å². The molecule has 0 amide bonds. The standard InChI is InChI=1S/C17H15N3O4S/c1-23-16-13(6-18)15(14(7-19)17(25)20-16)10-2-4-12(5-3-10)24-9-11(22)8-21/h2-5,11,21-22H,8-9H2,1H3,(H,20,25)/t11-/m1/s1. The molecule has 0 aliphatic carbocycles. The van der Waals surface area contributed by atoms with Gasteiger partial charge in [-0.3, -0.25) is 0 Å². The molecule has 7 nitrogen and oxygen atoms in total. The van der Waals surface area contributed by atoms with Gasteiger partial charge in [0, 0.05) is 5.56 Å². The van der Waals surface area contributed by atoms with Crippen LogP contribution in [0.2, 0.25) is 0 Å². The summed E-state index contributed by atoms with van der Waals surface area (Å²) in [7, 11) is 1.38. The van der Waals surface area contributed by atoms with Crippen LogP contribution in [0.5, 0.6) is 11.6 Å². The first-order valence-corrected chi connectivity index (χ1v) is 7.63. The van der Waals surface area contributed by atoms with Crippen molar-refractivity contribution in [2.45, 2.75) is 11.1 Å². The van der Waals surface area contributed by atoms with Gasteiger partial charge >= 0.3 is 0 Å². The lowest BCUT2D eigenvalue weighted by Gasteiger charge is -2.13. The predicted molar refractivity (Wildman–Crippen MR) is 91.5 cm³/mol. The predicted octanol–water partition coefficient (Wildman–Crippen LogP) is 1.52. The van der Waals surface area contributed by atoms with Gasteiger partial charge in [0.1, 0.15) is 41.2 Å². The van der Waals surface area contributed by atoms with E-state index in [0.717, 1.165) is 0 Å². The van der Waals surface area contributed by atoms with Crippen LogP contribution in [0.15, 0.2) is 29.3 Å². The zero-order valence-corrected chi connectivity index (χ0v) is 14.2. The molecule has 0 aliphatic rings. The van der Waals surface area contributed by atoms with Crippen LogP contribution in [0, 0.1) is 22.7 Å². The van der Waals surface area contributed by atoms with Gasteiger partial charge in [0.2, 0.25) is 5.88 Å². The molecule has 0 spiro atoms. The van der Waals surface area contributed by atoms with E-state index in [-0.39, 0.29) is 28.6 Å². The lowest BCUT2D eigenvalue weighted by atomic mass is 9.97. The number of ether oxygens (including phenoxy) is 2. The third-order valence-electron chi connectivity index (χ3n) is 3.36. The minimum absolute atomic E-state index is 0.0490. The van der Waals surface area contributed by atoms with Crippen molar-refractivity contribution < 1.29 is 19.7 Å². The van der Waals surface area contributed by atoms with Crippen molar-refractivity contribution in [3.8, 4) is 34.9 Å². The van der Waals surface area contributed by atoms with Crippen LogP contribution in [0.25, 0.3) is 11.1 Å². The number of methoxy groups -OCH3 is 1. The Morgan fingerprint density at radius 2 is 1.84 bits per heavy atom. The number of aliphatic hydroxyl groups excluding tert-OH is 2. The van der Waals surface area contributed by atoms with E-state index in [9.17, 15) is 15.6 Å². The Hall–Kier alpha value is -2.78. The number of benzene rings is 1. The minimum atomic E-state index is -0.966. The molecule has 0 radical (unpaired) electrons. The van der Waals surface area contributed by atoms with Crippen LogP contribution in [-0.4, -0.2) is 41.6 Å². The van der Waals surface area contributed by atoms with Crippen molar-refractivity contribution in [3.63, 3.8) is 0 Å². The monoisotopic (exact) mass is 357 g/mol. The number of aliphatic hydroxyl groups is 2. The molecule has 2 rings (SSSR count). The highest BCUT2D eigenvalue weighted by molar-refractivity contribution is 7.80. The maximum atomic E-state index is 9.45. The number of thiol groups is 1. The second kappa shape index (κ2) is 8.36. The van der Waals surface area contributed by atoms with Crippen LogP contribution in [0.4, 0.5) is 0 Å². The summed E-state index contributed by atoms with van der Waals surface area (Å²) in [4.78, 5) is 4.02. The number of aromatic nitrogens is 1. The summed E-state index contributed by atoms with van der Waals surface area (Å²) in [5.74, 6) is 0.563. The smallest absolute Gasteiger partial charge is 0.233 e. The van der Waals surface area contributed by atoms with Crippen LogP contribution >= 0.6 is 12.6 Å². The van der Waals surface area contributed by atoms with Gasteiger partial charge in [0.05, 0.1) is 19.3 Å². The summed E-state index contributed by atoms with van der Waals surface area (Å²) in [5.41, 5.74) is 1.29. The molecule has 0 unspecified atom stereocenters. The number of nitrogens with zero attached hydrogens (tertiary/aromatic N) is 3. The van der Waals surface area contributed by atoms with E-state index in [4.69, 9.17) is 14.6 Å². The van der Waals surface area contributed by atoms with E-state index < -0.39 is 12.7 Å². The normalized spacial score (nSPS) is 11.3. The average molecular weight is 357 g/mol. The fourth-order valence-electron chi connectivity index (χ4n) is 2.16. The molecule has 0 aliphatic heterocycles. The lowest BCUT2D eigenvalue weighted by molar-refractivity contribution is 0.0536. The highest BCUT2D eigenvalue weighted by atomic mass is 32.1. The van der Waals surface area contributed by atoms with Crippen molar-refractivity contribution >= 4 is 12.6 Å². The summed E-state index contributed by atoms with van der Waals surface area (Å²) >= 11 is 4.20. The second-order valence-corrected chi connectivity index (χ2v) is 5.39. The van der Waals surface area contributed by atoms with Crippen molar-refractivity contribution in [1.29, 1.82) is 10.5 Å². The molecular formula is C17H15N3O4S. The SMILES string of the molecule is COc1nc(S)c(C#N)c(-c2ccc(OC[C@H](O)CO)cc2)c1C#N. The maximum Gasteiger partial charge on any atom is 0.233 e. The Balaban J connectivity index is 2.46. The number of rotatable bonds is 6. The molecule has 1 aromatic carbocycles. The largest absolute Gasteiger partial charge is 0.491 e. The van der Waals surface area contributed by atoms with Gasteiger partial charge in [0.15, 0.2) is 0 Å². The van der Waals surface area contributed by atoms with Crippen molar-refractivity contribution in [2.24, 2.45) is 0 Å². The topological polar surface area (TPSA) is 119 Å². The molecule has 0 bridgehead atoms. The molecule has 1 aromatic heterocycles. The van der Waals surface area contributed by atoms with Crippen molar-refractivity contribution in [3.05, 3.63) is 35.4 Å². The molecule has 2 aromatic rings. The molecular weight excluding hydrogens is 342 g/mol. The highest BCUT2D eigenvalue weighted by Crippen LogP contribution is 2.35. The fourth-order valence-corrected chi connectivity index (χ4v) is 2.41. The molecule has 1 atom stereocenters. The molecule has 0 fully saturated rings. The van der Waals surface area contributed by atoms with Gasteiger partial charge in [-0.05, 0) is 17.7 Å². The van der Waals surface area contributed by atoms with Gasteiger partial charge in [-0.2, -0.15) is 10.5 Å². The quantitative estimate of drug-likeness (QED) is 0.671. The van der Waals surface area contributed by atoms with Crippen LogP contribution < -0.4 is 9.47 Å². The molecule has 128 valence electrons. The van der Waals surface area contributed by atoms with E-state index in [0.29, 0.717) is 16.9 Å². The van der Waals surface area contributed by atoms with Gasteiger partial charge in [-0.1, -0.05) is 12.1 Å². The maximum absolute atomic E-state index is 9.45. The summed E-state index contributed by atoms with van der Waals surface area (Å²) < 4.78 is 10.5. The third-order valence-corrected chi connectivity index (χ3v) is 3.68. The lowest BCUT2D eigenvalue weighted by Crippen LogP contribution is -2.21. The second-order valence-electron chi connectivity index (χ2n) is 4.97. The minimum Gasteiger partial charge on any atom is -0.491 e. The van der Waals surface area contributed by atoms with Gasteiger partial charge in [-0.25, -0.2) is 4.98 Å². The number of nitriles is 2. The Morgan fingerprint density at radius 1 is 1.20 bits per heavy atom.